The molecular formula is C22H18BF2N3O4. The normalized spacial score (nSPS) is 19.0. The number of aromatic nitrogens is 2. The molecule has 1 atom stereocenters. The van der Waals surface area contributed by atoms with Gasteiger partial charge in [-0.1, -0.05) is 18.2 Å². The first-order valence-corrected chi connectivity index (χ1v) is 10.0. The number of aromatic hydroxyl groups is 2. The standard InChI is InChI=1S/C22H18BF2N3O4/c24-23(25)26-16(9-13-22(31)32-28-20(29)11-12-21(28)30)6-7-17(26)14-18-8-10-19(27(18)23)15-4-2-1-3-5-15/h1-8,10-12,14,29-30H,9,13H2/i24-1. The third kappa shape index (κ3) is 3.11. The van der Waals surface area contributed by atoms with Crippen LogP contribution in [0.3, 0.4) is 0 Å². The van der Waals surface area contributed by atoms with Gasteiger partial charge in [-0.3, -0.25) is 0 Å². The molecule has 1 unspecified atom stereocenters. The van der Waals surface area contributed by atoms with Gasteiger partial charge in [0, 0.05) is 41.6 Å². The number of hydrogen-bond donors (Lipinski definition) is 2. The SMILES string of the molecule is O=C(CCc1ccc2n1[B-](F)([18F])[N+]1=C(c3ccccc3)C=CC1=C2)On1c(O)ccc1O. The van der Waals surface area contributed by atoms with E-state index in [-0.39, 0.29) is 18.5 Å². The van der Waals surface area contributed by atoms with Crippen molar-refractivity contribution in [2.75, 3.05) is 0 Å². The van der Waals surface area contributed by atoms with Crippen molar-refractivity contribution >= 4 is 24.7 Å². The first kappa shape index (κ1) is 19.9. The van der Waals surface area contributed by atoms with Crippen molar-refractivity contribution in [2.45, 2.75) is 12.8 Å². The molecule has 2 aliphatic rings. The number of allylic oxidation sites excluding steroid dienone is 2. The average molecular weight is 436 g/mol. The first-order chi connectivity index (χ1) is 15.4. The average Bonchev–Trinajstić information content (AvgIpc) is 3.47. The summed E-state index contributed by atoms with van der Waals surface area (Å²) in [7, 11) is 0. The Hall–Kier alpha value is -4.08. The summed E-state index contributed by atoms with van der Waals surface area (Å²) in [5.74, 6) is -1.69. The third-order valence-electron chi connectivity index (χ3n) is 5.55. The minimum Gasteiger partial charge on any atom is -0.492 e. The van der Waals surface area contributed by atoms with E-state index >= 15 is 8.63 Å². The second-order valence-corrected chi connectivity index (χ2v) is 7.54. The molecule has 0 saturated carbocycles. The number of carbonyl (C=O) groups excluding carboxylic acids is 1. The number of fused-ring (bicyclic) bond motifs is 2. The predicted molar refractivity (Wildman–Crippen MR) is 113 cm³/mol. The molecule has 0 radical (unpaired) electrons. The fraction of sp³-hybridized carbons (Fsp3) is 0.0909. The highest BCUT2D eigenvalue weighted by Crippen LogP contribution is 2.33. The van der Waals surface area contributed by atoms with Crippen LogP contribution in [0.4, 0.5) is 8.63 Å². The molecule has 5 rings (SSSR count). The van der Waals surface area contributed by atoms with Crippen LogP contribution in [0.1, 0.15) is 23.4 Å². The van der Waals surface area contributed by atoms with E-state index in [0.717, 1.165) is 21.1 Å². The van der Waals surface area contributed by atoms with E-state index in [0.29, 0.717) is 27.4 Å². The second kappa shape index (κ2) is 7.26. The van der Waals surface area contributed by atoms with Crippen LogP contribution in [0.15, 0.2) is 72.4 Å². The van der Waals surface area contributed by atoms with Gasteiger partial charge < -0.3 is 32.6 Å². The molecular weight excluding hydrogens is 418 g/mol. The fourth-order valence-corrected chi connectivity index (χ4v) is 4.12. The van der Waals surface area contributed by atoms with E-state index in [1.807, 2.05) is 6.07 Å². The van der Waals surface area contributed by atoms with Crippen LogP contribution in [-0.4, -0.2) is 42.6 Å². The molecule has 0 fully saturated rings. The number of rotatable bonds is 5. The topological polar surface area (TPSA) is 79.6 Å². The lowest BCUT2D eigenvalue weighted by atomic mass is 9.89. The van der Waals surface area contributed by atoms with Crippen LogP contribution in [0.5, 0.6) is 11.8 Å². The van der Waals surface area contributed by atoms with E-state index in [1.54, 1.807) is 54.6 Å². The van der Waals surface area contributed by atoms with E-state index in [1.165, 1.54) is 0 Å². The molecule has 162 valence electrons. The number of aryl methyl sites for hydroxylation is 1. The highest BCUT2D eigenvalue weighted by atomic mass is 19.1. The molecule has 0 amide bonds. The molecule has 3 aromatic rings. The van der Waals surface area contributed by atoms with Crippen LogP contribution in [0, 0.1) is 0 Å². The molecule has 2 N–H and O–H groups in total. The Kier molecular flexibility index (Phi) is 4.51. The van der Waals surface area contributed by atoms with Crippen LogP contribution >= 0.6 is 0 Å². The van der Waals surface area contributed by atoms with Gasteiger partial charge in [-0.05, 0) is 36.4 Å². The van der Waals surface area contributed by atoms with Gasteiger partial charge in [0.05, 0.1) is 6.42 Å². The molecule has 7 nitrogen and oxygen atoms in total. The zero-order chi connectivity index (χ0) is 22.5. The van der Waals surface area contributed by atoms with Crippen molar-refractivity contribution in [3.05, 3.63) is 89.4 Å². The molecule has 2 aromatic heterocycles. The smallest absolute Gasteiger partial charge is 0.492 e. The second-order valence-electron chi connectivity index (χ2n) is 7.54. The predicted octanol–water partition coefficient (Wildman–Crippen LogP) is 2.94. The molecule has 2 aliphatic heterocycles. The Labute approximate surface area is 181 Å². The van der Waals surface area contributed by atoms with Gasteiger partial charge in [0.2, 0.25) is 11.8 Å². The van der Waals surface area contributed by atoms with Crippen molar-refractivity contribution in [3.8, 4) is 11.8 Å². The monoisotopic (exact) mass is 436 g/mol. The van der Waals surface area contributed by atoms with E-state index in [9.17, 15) is 15.0 Å². The maximum Gasteiger partial charge on any atom is 0.737 e. The van der Waals surface area contributed by atoms with Crippen LogP contribution in [-0.2, 0) is 11.2 Å². The summed E-state index contributed by atoms with van der Waals surface area (Å²) in [6.07, 6.45) is 4.79. The highest BCUT2D eigenvalue weighted by Gasteiger charge is 2.52. The summed E-state index contributed by atoms with van der Waals surface area (Å²) in [5, 5.41) is 19.1. The molecule has 0 saturated heterocycles. The Balaban J connectivity index is 1.43. The summed E-state index contributed by atoms with van der Waals surface area (Å²) in [4.78, 5) is 17.1. The lowest BCUT2D eigenvalue weighted by molar-refractivity contribution is -0.360. The molecule has 4 heterocycles. The molecule has 0 spiro atoms. The van der Waals surface area contributed by atoms with Gasteiger partial charge in [0.15, 0.2) is 11.4 Å². The Morgan fingerprint density at radius 3 is 2.44 bits per heavy atom. The van der Waals surface area contributed by atoms with Crippen LogP contribution in [0.25, 0.3) is 6.08 Å². The molecule has 1 aromatic carbocycles. The summed E-state index contributed by atoms with van der Waals surface area (Å²) in [6.45, 7) is -4.20. The fourth-order valence-electron chi connectivity index (χ4n) is 4.12. The number of hydrogen-bond acceptors (Lipinski definition) is 4. The number of carbonyl (C=O) groups is 1. The molecule has 10 heteroatoms. The largest absolute Gasteiger partial charge is 0.737 e. The Morgan fingerprint density at radius 1 is 1.00 bits per heavy atom. The molecule has 0 aliphatic carbocycles. The number of nitrogens with zero attached hydrogens (tertiary/aromatic N) is 3. The van der Waals surface area contributed by atoms with E-state index in [4.69, 9.17) is 4.84 Å². The van der Waals surface area contributed by atoms with Crippen molar-refractivity contribution in [2.24, 2.45) is 0 Å². The maximum absolute atomic E-state index is 15.8. The quantitative estimate of drug-likeness (QED) is 0.603. The van der Waals surface area contributed by atoms with E-state index in [2.05, 4.69) is 0 Å². The lowest BCUT2D eigenvalue weighted by Gasteiger charge is -2.30. The molecule has 0 bridgehead atoms. The zero-order valence-electron chi connectivity index (χ0n) is 16.7. The highest BCUT2D eigenvalue weighted by molar-refractivity contribution is 6.58. The zero-order valence-corrected chi connectivity index (χ0v) is 16.7. The van der Waals surface area contributed by atoms with E-state index < -0.39 is 24.7 Å². The minimum atomic E-state index is -4.20. The maximum atomic E-state index is 15.8. The van der Waals surface area contributed by atoms with Gasteiger partial charge in [-0.15, -0.1) is 4.73 Å². The first-order valence-electron chi connectivity index (χ1n) is 10.0. The minimum absolute atomic E-state index is 0.00984. The Bertz CT molecular complexity index is 1300. The van der Waals surface area contributed by atoms with Gasteiger partial charge in [-0.2, -0.15) is 0 Å². The Morgan fingerprint density at radius 2 is 1.72 bits per heavy atom. The van der Waals surface area contributed by atoms with Gasteiger partial charge in [0.1, 0.15) is 0 Å². The van der Waals surface area contributed by atoms with Crippen molar-refractivity contribution in [1.29, 1.82) is 0 Å². The summed E-state index contributed by atoms with van der Waals surface area (Å²) in [5.41, 5.74) is 2.12. The van der Waals surface area contributed by atoms with Gasteiger partial charge >= 0.3 is 12.9 Å². The van der Waals surface area contributed by atoms with Crippen molar-refractivity contribution < 1.29 is 33.0 Å². The summed E-state index contributed by atoms with van der Waals surface area (Å²) < 4.78 is 34.1. The summed E-state index contributed by atoms with van der Waals surface area (Å²) >= 11 is 0. The lowest BCUT2D eigenvalue weighted by Crippen LogP contribution is -2.51. The number of halogens is 2. The summed E-state index contributed by atoms with van der Waals surface area (Å²) in [6, 6.07) is 14.5. The number of benzene rings is 1. The van der Waals surface area contributed by atoms with Crippen molar-refractivity contribution in [3.63, 3.8) is 0 Å². The van der Waals surface area contributed by atoms with Gasteiger partial charge in [-0.25, -0.2) is 4.79 Å². The molecule has 32 heavy (non-hydrogen) atoms. The van der Waals surface area contributed by atoms with Gasteiger partial charge in [0.25, 0.3) is 0 Å². The van der Waals surface area contributed by atoms with Crippen LogP contribution in [0.2, 0.25) is 0 Å². The van der Waals surface area contributed by atoms with Crippen LogP contribution < -0.4 is 4.84 Å². The third-order valence-corrected chi connectivity index (χ3v) is 5.55. The van der Waals surface area contributed by atoms with Crippen molar-refractivity contribution in [1.82, 2.24) is 9.21 Å².